The van der Waals surface area contributed by atoms with Crippen LogP contribution < -0.4 is 5.32 Å². The summed E-state index contributed by atoms with van der Waals surface area (Å²) in [5.41, 5.74) is 2.14. The minimum atomic E-state index is 0.334. The third kappa shape index (κ3) is 5.44. The van der Waals surface area contributed by atoms with Gasteiger partial charge in [-0.05, 0) is 30.5 Å². The topological polar surface area (TPSA) is 32.3 Å². The quantitative estimate of drug-likeness (QED) is 0.490. The zero-order valence-corrected chi connectivity index (χ0v) is 11.8. The predicted molar refractivity (Wildman–Crippen MR) is 79.4 cm³/mol. The van der Waals surface area contributed by atoms with E-state index in [4.69, 9.17) is 0 Å². The Morgan fingerprint density at radius 2 is 1.67 bits per heavy atom. The highest BCUT2D eigenvalue weighted by Gasteiger charge is 2.00. The monoisotopic (exact) mass is 249 g/mol. The lowest BCUT2D eigenvalue weighted by Crippen LogP contribution is -1.92. The van der Waals surface area contributed by atoms with Crippen LogP contribution in [0.2, 0.25) is 0 Å². The third-order valence-electron chi connectivity index (χ3n) is 3.40. The second kappa shape index (κ2) is 8.84. The molecule has 1 aromatic rings. The van der Waals surface area contributed by atoms with Crippen LogP contribution in [-0.2, 0) is 6.42 Å². The molecule has 0 amide bonds. The molecule has 0 aromatic heterocycles. The Bertz CT molecular complexity index is 336. The Morgan fingerprint density at radius 3 is 2.33 bits per heavy atom. The highest BCUT2D eigenvalue weighted by Crippen LogP contribution is 2.24. The number of anilines is 1. The van der Waals surface area contributed by atoms with E-state index < -0.39 is 0 Å². The molecule has 0 saturated heterocycles. The second-order valence-electron chi connectivity index (χ2n) is 4.97. The molecule has 1 aromatic carbocycles. The molecule has 102 valence electrons. The van der Waals surface area contributed by atoms with Gasteiger partial charge in [-0.15, -0.1) is 0 Å². The van der Waals surface area contributed by atoms with E-state index in [0.29, 0.717) is 5.75 Å². The van der Waals surface area contributed by atoms with Gasteiger partial charge in [-0.1, -0.05) is 51.5 Å². The SMILES string of the molecule is CCCCCCCCCc1ccc(O)c(NC)c1. The van der Waals surface area contributed by atoms with Crippen LogP contribution in [0.1, 0.15) is 57.4 Å². The molecule has 18 heavy (non-hydrogen) atoms. The summed E-state index contributed by atoms with van der Waals surface area (Å²) in [4.78, 5) is 0. The molecule has 2 nitrogen and oxygen atoms in total. The van der Waals surface area contributed by atoms with Crippen LogP contribution in [0.25, 0.3) is 0 Å². The van der Waals surface area contributed by atoms with E-state index in [1.165, 1.54) is 50.5 Å². The van der Waals surface area contributed by atoms with E-state index in [-0.39, 0.29) is 0 Å². The zero-order valence-electron chi connectivity index (χ0n) is 11.8. The molecule has 0 radical (unpaired) electrons. The predicted octanol–water partition coefficient (Wildman–Crippen LogP) is 4.73. The van der Waals surface area contributed by atoms with Crippen molar-refractivity contribution in [2.45, 2.75) is 58.3 Å². The first-order chi connectivity index (χ1) is 8.77. The first-order valence-corrected chi connectivity index (χ1v) is 7.27. The number of phenols is 1. The van der Waals surface area contributed by atoms with E-state index in [0.717, 1.165) is 12.1 Å². The standard InChI is InChI=1S/C16H27NO/c1-3-4-5-6-7-8-9-10-14-11-12-16(18)15(13-14)17-2/h11-13,17-18H,3-10H2,1-2H3. The number of hydrogen-bond acceptors (Lipinski definition) is 2. The van der Waals surface area contributed by atoms with Crippen molar-refractivity contribution in [2.75, 3.05) is 12.4 Å². The third-order valence-corrected chi connectivity index (χ3v) is 3.40. The molecule has 0 fully saturated rings. The van der Waals surface area contributed by atoms with Gasteiger partial charge in [0, 0.05) is 7.05 Å². The van der Waals surface area contributed by atoms with Crippen LogP contribution in [0, 0.1) is 0 Å². The number of nitrogens with one attached hydrogen (secondary N) is 1. The number of rotatable bonds is 9. The molecule has 0 aliphatic rings. The minimum absolute atomic E-state index is 0.334. The molecule has 0 spiro atoms. The zero-order chi connectivity index (χ0) is 13.2. The number of aromatic hydroxyl groups is 1. The fourth-order valence-corrected chi connectivity index (χ4v) is 2.23. The maximum Gasteiger partial charge on any atom is 0.138 e. The summed E-state index contributed by atoms with van der Waals surface area (Å²) in [6, 6.07) is 5.85. The lowest BCUT2D eigenvalue weighted by Gasteiger charge is -2.07. The molecule has 2 N–H and O–H groups in total. The van der Waals surface area contributed by atoms with Gasteiger partial charge in [0.1, 0.15) is 5.75 Å². The van der Waals surface area contributed by atoms with E-state index in [1.807, 2.05) is 19.2 Å². The number of hydrogen-bond donors (Lipinski definition) is 2. The minimum Gasteiger partial charge on any atom is -0.506 e. The number of phenolic OH excluding ortho intramolecular Hbond substituents is 1. The lowest BCUT2D eigenvalue weighted by molar-refractivity contribution is 0.477. The smallest absolute Gasteiger partial charge is 0.138 e. The number of benzene rings is 1. The normalized spacial score (nSPS) is 10.6. The summed E-state index contributed by atoms with van der Waals surface area (Å²) in [6.07, 6.45) is 10.5. The van der Waals surface area contributed by atoms with Gasteiger partial charge in [0.2, 0.25) is 0 Å². The van der Waals surface area contributed by atoms with Crippen LogP contribution in [0.5, 0.6) is 5.75 Å². The van der Waals surface area contributed by atoms with E-state index in [9.17, 15) is 5.11 Å². The summed E-state index contributed by atoms with van der Waals surface area (Å²) in [6.45, 7) is 2.25. The highest BCUT2D eigenvalue weighted by molar-refractivity contribution is 5.56. The molecular formula is C16H27NO. The Labute approximate surface area is 111 Å². The van der Waals surface area contributed by atoms with Crippen LogP contribution in [0.4, 0.5) is 5.69 Å². The summed E-state index contributed by atoms with van der Waals surface area (Å²) < 4.78 is 0. The van der Waals surface area contributed by atoms with Crippen molar-refractivity contribution in [3.8, 4) is 5.75 Å². The Morgan fingerprint density at radius 1 is 1.00 bits per heavy atom. The molecule has 0 heterocycles. The molecular weight excluding hydrogens is 222 g/mol. The van der Waals surface area contributed by atoms with Crippen LogP contribution in [-0.4, -0.2) is 12.2 Å². The van der Waals surface area contributed by atoms with E-state index >= 15 is 0 Å². The number of aryl methyl sites for hydroxylation is 1. The average molecular weight is 249 g/mol. The van der Waals surface area contributed by atoms with Gasteiger partial charge >= 0.3 is 0 Å². The first kappa shape index (κ1) is 14.9. The van der Waals surface area contributed by atoms with Gasteiger partial charge in [0.05, 0.1) is 5.69 Å². The van der Waals surface area contributed by atoms with E-state index in [2.05, 4.69) is 12.2 Å². The molecule has 0 atom stereocenters. The summed E-state index contributed by atoms with van der Waals surface area (Å²) in [5, 5.41) is 12.6. The average Bonchev–Trinajstić information content (AvgIpc) is 2.39. The van der Waals surface area contributed by atoms with Crippen LogP contribution >= 0.6 is 0 Å². The van der Waals surface area contributed by atoms with Crippen molar-refractivity contribution in [3.63, 3.8) is 0 Å². The molecule has 0 aliphatic heterocycles. The second-order valence-corrected chi connectivity index (χ2v) is 4.97. The molecule has 0 saturated carbocycles. The van der Waals surface area contributed by atoms with Gasteiger partial charge in [0.15, 0.2) is 0 Å². The number of unbranched alkanes of at least 4 members (excludes halogenated alkanes) is 6. The fourth-order valence-electron chi connectivity index (χ4n) is 2.23. The van der Waals surface area contributed by atoms with Gasteiger partial charge in [0.25, 0.3) is 0 Å². The van der Waals surface area contributed by atoms with Crippen molar-refractivity contribution >= 4 is 5.69 Å². The maximum absolute atomic E-state index is 9.56. The summed E-state index contributed by atoms with van der Waals surface area (Å²) >= 11 is 0. The fraction of sp³-hybridized carbons (Fsp3) is 0.625. The maximum atomic E-state index is 9.56. The molecule has 1 rings (SSSR count). The highest BCUT2D eigenvalue weighted by atomic mass is 16.3. The van der Waals surface area contributed by atoms with Crippen molar-refractivity contribution < 1.29 is 5.11 Å². The van der Waals surface area contributed by atoms with E-state index in [1.54, 1.807) is 6.07 Å². The largest absolute Gasteiger partial charge is 0.506 e. The Balaban J connectivity index is 2.19. The van der Waals surface area contributed by atoms with Crippen LogP contribution in [0.3, 0.4) is 0 Å². The van der Waals surface area contributed by atoms with Gasteiger partial charge in [-0.2, -0.15) is 0 Å². The van der Waals surface area contributed by atoms with Gasteiger partial charge in [-0.25, -0.2) is 0 Å². The molecule has 0 unspecified atom stereocenters. The van der Waals surface area contributed by atoms with Crippen LogP contribution in [0.15, 0.2) is 18.2 Å². The Hall–Kier alpha value is -1.18. The molecule has 0 aliphatic carbocycles. The first-order valence-electron chi connectivity index (χ1n) is 7.27. The van der Waals surface area contributed by atoms with Crippen molar-refractivity contribution in [2.24, 2.45) is 0 Å². The van der Waals surface area contributed by atoms with Crippen molar-refractivity contribution in [1.29, 1.82) is 0 Å². The summed E-state index contributed by atoms with van der Waals surface area (Å²) in [5.74, 6) is 0.334. The van der Waals surface area contributed by atoms with Gasteiger partial charge < -0.3 is 10.4 Å². The Kier molecular flexibility index (Phi) is 7.31. The molecule has 2 heteroatoms. The van der Waals surface area contributed by atoms with Gasteiger partial charge in [-0.3, -0.25) is 0 Å². The molecule has 0 bridgehead atoms. The lowest BCUT2D eigenvalue weighted by atomic mass is 10.0. The summed E-state index contributed by atoms with van der Waals surface area (Å²) in [7, 11) is 1.84. The van der Waals surface area contributed by atoms with Crippen molar-refractivity contribution in [3.05, 3.63) is 23.8 Å². The van der Waals surface area contributed by atoms with Crippen molar-refractivity contribution in [1.82, 2.24) is 0 Å².